The molecule has 2 heterocycles. The quantitative estimate of drug-likeness (QED) is 0.789. The van der Waals surface area contributed by atoms with Crippen molar-refractivity contribution in [2.45, 2.75) is 27.3 Å². The fraction of sp³-hybridized carbons (Fsp3) is 0.500. The van der Waals surface area contributed by atoms with E-state index in [2.05, 4.69) is 15.4 Å². The van der Waals surface area contributed by atoms with E-state index >= 15 is 0 Å². The van der Waals surface area contributed by atoms with E-state index in [1.807, 2.05) is 49.9 Å². The second kappa shape index (κ2) is 8.90. The van der Waals surface area contributed by atoms with Gasteiger partial charge in [-0.25, -0.2) is 4.79 Å². The van der Waals surface area contributed by atoms with Gasteiger partial charge >= 0.3 is 6.03 Å². The third-order valence-electron chi connectivity index (χ3n) is 4.76. The fourth-order valence-electron chi connectivity index (χ4n) is 3.28. The SMILES string of the molecule is Cc1cc(CN2CCN(C(=O)NCCOc3c(C)cccc3C)CC2)no1. The Hall–Kier alpha value is -2.54. The van der Waals surface area contributed by atoms with E-state index in [1.54, 1.807) is 0 Å². The highest BCUT2D eigenvalue weighted by molar-refractivity contribution is 5.74. The highest BCUT2D eigenvalue weighted by Crippen LogP contribution is 2.21. The van der Waals surface area contributed by atoms with E-state index in [0.29, 0.717) is 26.2 Å². The number of urea groups is 1. The van der Waals surface area contributed by atoms with Crippen molar-refractivity contribution in [3.8, 4) is 5.75 Å². The van der Waals surface area contributed by atoms with Crippen LogP contribution in [0.2, 0.25) is 0 Å². The van der Waals surface area contributed by atoms with E-state index in [0.717, 1.165) is 48.0 Å². The molecule has 0 unspecified atom stereocenters. The fourth-order valence-corrected chi connectivity index (χ4v) is 3.28. The number of hydrogen-bond acceptors (Lipinski definition) is 5. The van der Waals surface area contributed by atoms with Crippen LogP contribution in [-0.4, -0.2) is 60.3 Å². The first-order chi connectivity index (χ1) is 13.0. The third-order valence-corrected chi connectivity index (χ3v) is 4.76. The summed E-state index contributed by atoms with van der Waals surface area (Å²) >= 11 is 0. The van der Waals surface area contributed by atoms with E-state index < -0.39 is 0 Å². The molecule has 2 aromatic rings. The summed E-state index contributed by atoms with van der Waals surface area (Å²) in [6.45, 7) is 10.7. The summed E-state index contributed by atoms with van der Waals surface area (Å²) in [6.07, 6.45) is 0. The zero-order valence-electron chi connectivity index (χ0n) is 16.3. The minimum Gasteiger partial charge on any atom is -0.491 e. The van der Waals surface area contributed by atoms with Gasteiger partial charge in [0.15, 0.2) is 0 Å². The van der Waals surface area contributed by atoms with Crippen molar-refractivity contribution in [3.05, 3.63) is 46.8 Å². The summed E-state index contributed by atoms with van der Waals surface area (Å²) in [4.78, 5) is 16.5. The van der Waals surface area contributed by atoms with Gasteiger partial charge in [0.05, 0.1) is 12.2 Å². The number of para-hydroxylation sites is 1. The van der Waals surface area contributed by atoms with E-state index in [9.17, 15) is 4.79 Å². The lowest BCUT2D eigenvalue weighted by molar-refractivity contribution is 0.132. The van der Waals surface area contributed by atoms with Crippen LogP contribution in [0, 0.1) is 20.8 Å². The average molecular weight is 372 g/mol. The molecule has 0 saturated carbocycles. The summed E-state index contributed by atoms with van der Waals surface area (Å²) in [6, 6.07) is 8.00. The zero-order chi connectivity index (χ0) is 19.2. The number of ether oxygens (including phenoxy) is 1. The van der Waals surface area contributed by atoms with Crippen LogP contribution in [0.5, 0.6) is 5.75 Å². The molecule has 3 rings (SSSR count). The van der Waals surface area contributed by atoms with E-state index in [4.69, 9.17) is 9.26 Å². The maximum absolute atomic E-state index is 12.3. The van der Waals surface area contributed by atoms with Crippen LogP contribution in [0.15, 0.2) is 28.8 Å². The van der Waals surface area contributed by atoms with Crippen molar-refractivity contribution >= 4 is 6.03 Å². The Morgan fingerprint density at radius 3 is 2.52 bits per heavy atom. The molecule has 0 bridgehead atoms. The molecule has 1 N–H and O–H groups in total. The molecule has 7 nitrogen and oxygen atoms in total. The van der Waals surface area contributed by atoms with Gasteiger partial charge in [0.1, 0.15) is 18.1 Å². The van der Waals surface area contributed by atoms with Gasteiger partial charge in [-0.05, 0) is 31.9 Å². The molecule has 1 fully saturated rings. The minimum atomic E-state index is -0.0305. The van der Waals surface area contributed by atoms with E-state index in [-0.39, 0.29) is 6.03 Å². The van der Waals surface area contributed by atoms with Crippen LogP contribution in [0.25, 0.3) is 0 Å². The van der Waals surface area contributed by atoms with Crippen LogP contribution >= 0.6 is 0 Å². The number of aromatic nitrogens is 1. The number of rotatable bonds is 6. The highest BCUT2D eigenvalue weighted by Gasteiger charge is 2.21. The van der Waals surface area contributed by atoms with Gasteiger partial charge in [0, 0.05) is 38.8 Å². The first kappa shape index (κ1) is 19.2. The van der Waals surface area contributed by atoms with Gasteiger partial charge in [-0.15, -0.1) is 0 Å². The van der Waals surface area contributed by atoms with Crippen LogP contribution < -0.4 is 10.1 Å². The molecule has 1 saturated heterocycles. The molecular formula is C20H28N4O3. The van der Waals surface area contributed by atoms with Crippen LogP contribution in [-0.2, 0) is 6.54 Å². The molecule has 7 heteroatoms. The Kier molecular flexibility index (Phi) is 6.34. The molecule has 0 atom stereocenters. The van der Waals surface area contributed by atoms with Crippen molar-refractivity contribution in [1.29, 1.82) is 0 Å². The zero-order valence-corrected chi connectivity index (χ0v) is 16.3. The van der Waals surface area contributed by atoms with Crippen LogP contribution in [0.4, 0.5) is 4.79 Å². The van der Waals surface area contributed by atoms with Crippen molar-refractivity contribution in [1.82, 2.24) is 20.3 Å². The molecule has 27 heavy (non-hydrogen) atoms. The maximum Gasteiger partial charge on any atom is 0.317 e. The lowest BCUT2D eigenvalue weighted by Crippen LogP contribution is -2.51. The van der Waals surface area contributed by atoms with Gasteiger partial charge in [0.25, 0.3) is 0 Å². The third kappa shape index (κ3) is 5.23. The number of hydrogen-bond donors (Lipinski definition) is 1. The maximum atomic E-state index is 12.3. The molecule has 1 aliphatic rings. The Morgan fingerprint density at radius 2 is 1.89 bits per heavy atom. The predicted molar refractivity (Wildman–Crippen MR) is 103 cm³/mol. The number of amides is 2. The molecule has 146 valence electrons. The van der Waals surface area contributed by atoms with Crippen molar-refractivity contribution in [2.24, 2.45) is 0 Å². The van der Waals surface area contributed by atoms with E-state index in [1.165, 1.54) is 0 Å². The van der Waals surface area contributed by atoms with Gasteiger partial charge in [-0.1, -0.05) is 23.4 Å². The van der Waals surface area contributed by atoms with Gasteiger partial charge in [-0.3, -0.25) is 4.90 Å². The molecule has 1 aliphatic heterocycles. The summed E-state index contributed by atoms with van der Waals surface area (Å²) in [5.41, 5.74) is 3.16. The van der Waals surface area contributed by atoms with Gasteiger partial charge < -0.3 is 19.5 Å². The number of benzene rings is 1. The van der Waals surface area contributed by atoms with Crippen LogP contribution in [0.1, 0.15) is 22.6 Å². The Bertz CT molecular complexity index is 746. The van der Waals surface area contributed by atoms with Crippen molar-refractivity contribution in [3.63, 3.8) is 0 Å². The second-order valence-electron chi connectivity index (χ2n) is 6.99. The smallest absolute Gasteiger partial charge is 0.317 e. The summed E-state index contributed by atoms with van der Waals surface area (Å²) in [7, 11) is 0. The van der Waals surface area contributed by atoms with Gasteiger partial charge in [0.2, 0.25) is 0 Å². The molecule has 0 aliphatic carbocycles. The Balaban J connectivity index is 1.36. The summed E-state index contributed by atoms with van der Waals surface area (Å²) < 4.78 is 10.9. The number of aryl methyl sites for hydroxylation is 3. The van der Waals surface area contributed by atoms with Crippen LogP contribution in [0.3, 0.4) is 0 Å². The lowest BCUT2D eigenvalue weighted by atomic mass is 10.1. The lowest BCUT2D eigenvalue weighted by Gasteiger charge is -2.34. The topological polar surface area (TPSA) is 70.8 Å². The number of nitrogens with one attached hydrogen (secondary N) is 1. The molecule has 0 radical (unpaired) electrons. The largest absolute Gasteiger partial charge is 0.491 e. The van der Waals surface area contributed by atoms with Crippen molar-refractivity contribution in [2.75, 3.05) is 39.3 Å². The average Bonchev–Trinajstić information content (AvgIpc) is 3.06. The van der Waals surface area contributed by atoms with Gasteiger partial charge in [-0.2, -0.15) is 0 Å². The summed E-state index contributed by atoms with van der Waals surface area (Å²) in [5, 5.41) is 6.97. The normalized spacial score (nSPS) is 15.0. The highest BCUT2D eigenvalue weighted by atomic mass is 16.5. The predicted octanol–water partition coefficient (Wildman–Crippen LogP) is 2.51. The Labute approximate surface area is 160 Å². The molecule has 2 amide bonds. The number of piperazine rings is 1. The molecule has 1 aromatic heterocycles. The standard InChI is InChI=1S/C20H28N4O3/c1-15-5-4-6-16(2)19(15)26-12-7-21-20(25)24-10-8-23(9-11-24)14-18-13-17(3)27-22-18/h4-6,13H,7-12,14H2,1-3H3,(H,21,25). The number of carbonyl (C=O) groups is 1. The summed E-state index contributed by atoms with van der Waals surface area (Å²) in [5.74, 6) is 1.73. The molecule has 0 spiro atoms. The molecular weight excluding hydrogens is 344 g/mol. The monoisotopic (exact) mass is 372 g/mol. The molecule has 1 aromatic carbocycles. The number of carbonyl (C=O) groups excluding carboxylic acids is 1. The van der Waals surface area contributed by atoms with Crippen molar-refractivity contribution < 1.29 is 14.1 Å². The first-order valence-electron chi connectivity index (χ1n) is 9.39. The minimum absolute atomic E-state index is 0.0305. The second-order valence-corrected chi connectivity index (χ2v) is 6.99. The Morgan fingerprint density at radius 1 is 1.19 bits per heavy atom. The first-order valence-corrected chi connectivity index (χ1v) is 9.39. The number of nitrogens with zero attached hydrogens (tertiary/aromatic N) is 3.